The van der Waals surface area contributed by atoms with Gasteiger partial charge in [-0.05, 0) is 43.5 Å². The molecular formula is C16H16FN3. The smallest absolute Gasteiger partial charge is 0.159 e. The Labute approximate surface area is 117 Å². The van der Waals surface area contributed by atoms with Gasteiger partial charge in [-0.2, -0.15) is 0 Å². The summed E-state index contributed by atoms with van der Waals surface area (Å²) >= 11 is 0. The van der Waals surface area contributed by atoms with Crippen molar-refractivity contribution in [3.8, 4) is 11.4 Å². The molecular weight excluding hydrogens is 253 g/mol. The van der Waals surface area contributed by atoms with Crippen molar-refractivity contribution in [2.24, 2.45) is 0 Å². The summed E-state index contributed by atoms with van der Waals surface area (Å²) in [5.74, 6) is 1.13. The van der Waals surface area contributed by atoms with Gasteiger partial charge < -0.3 is 5.32 Å². The molecule has 2 aromatic rings. The van der Waals surface area contributed by atoms with Crippen LogP contribution in [0.15, 0.2) is 18.2 Å². The Morgan fingerprint density at radius 2 is 2.05 bits per heavy atom. The van der Waals surface area contributed by atoms with Gasteiger partial charge in [-0.25, -0.2) is 14.4 Å². The normalized spacial score (nSPS) is 17.3. The van der Waals surface area contributed by atoms with Crippen molar-refractivity contribution in [1.82, 2.24) is 15.3 Å². The standard InChI is InChI=1S/C16H16FN3/c1-9-6-11(17)4-5-12(9)16-19-14-8-18-7-13(14)15(20-16)10-2-3-10/h4-6,10,18H,2-3,7-8H2,1H3. The maximum atomic E-state index is 13.2. The molecule has 0 bridgehead atoms. The molecule has 0 atom stereocenters. The molecule has 0 unspecified atom stereocenters. The molecule has 1 aliphatic heterocycles. The lowest BCUT2D eigenvalue weighted by Crippen LogP contribution is -2.03. The van der Waals surface area contributed by atoms with E-state index in [9.17, 15) is 4.39 Å². The van der Waals surface area contributed by atoms with Crippen LogP contribution >= 0.6 is 0 Å². The minimum atomic E-state index is -0.212. The van der Waals surface area contributed by atoms with Gasteiger partial charge in [0.25, 0.3) is 0 Å². The quantitative estimate of drug-likeness (QED) is 0.910. The first-order chi connectivity index (χ1) is 9.72. The molecule has 2 heterocycles. The molecule has 1 saturated carbocycles. The summed E-state index contributed by atoms with van der Waals surface area (Å²) in [4.78, 5) is 9.48. The third-order valence-electron chi connectivity index (χ3n) is 4.11. The van der Waals surface area contributed by atoms with E-state index in [4.69, 9.17) is 4.98 Å². The van der Waals surface area contributed by atoms with Crippen molar-refractivity contribution in [3.63, 3.8) is 0 Å². The van der Waals surface area contributed by atoms with Crippen LogP contribution in [0.1, 0.15) is 41.3 Å². The number of hydrogen-bond donors (Lipinski definition) is 1. The molecule has 0 amide bonds. The van der Waals surface area contributed by atoms with Gasteiger partial charge in [-0.1, -0.05) is 0 Å². The number of nitrogens with one attached hydrogen (secondary N) is 1. The fourth-order valence-electron chi connectivity index (χ4n) is 2.89. The summed E-state index contributed by atoms with van der Waals surface area (Å²) in [6.45, 7) is 3.60. The zero-order valence-electron chi connectivity index (χ0n) is 11.4. The van der Waals surface area contributed by atoms with Crippen molar-refractivity contribution in [1.29, 1.82) is 0 Å². The van der Waals surface area contributed by atoms with Gasteiger partial charge in [0.2, 0.25) is 0 Å². The Morgan fingerprint density at radius 3 is 2.80 bits per heavy atom. The van der Waals surface area contributed by atoms with Gasteiger partial charge in [0.15, 0.2) is 5.82 Å². The fraction of sp³-hybridized carbons (Fsp3) is 0.375. The SMILES string of the molecule is Cc1cc(F)ccc1-c1nc2c(c(C3CC3)n1)CNC2. The summed E-state index contributed by atoms with van der Waals surface area (Å²) in [5, 5.41) is 3.35. The molecule has 4 heteroatoms. The maximum absolute atomic E-state index is 13.2. The molecule has 4 rings (SSSR count). The predicted octanol–water partition coefficient (Wildman–Crippen LogP) is 3.07. The number of fused-ring (bicyclic) bond motifs is 1. The minimum absolute atomic E-state index is 0.212. The average molecular weight is 269 g/mol. The molecule has 1 aromatic carbocycles. The number of aromatic nitrogens is 2. The highest BCUT2D eigenvalue weighted by Gasteiger charge is 2.31. The zero-order valence-corrected chi connectivity index (χ0v) is 11.4. The number of benzene rings is 1. The lowest BCUT2D eigenvalue weighted by atomic mass is 10.1. The average Bonchev–Trinajstić information content (AvgIpc) is 3.15. The monoisotopic (exact) mass is 269 g/mol. The van der Waals surface area contributed by atoms with Crippen molar-refractivity contribution in [2.45, 2.75) is 38.8 Å². The van der Waals surface area contributed by atoms with Gasteiger partial charge in [-0.3, -0.25) is 0 Å². The zero-order chi connectivity index (χ0) is 13.7. The number of rotatable bonds is 2. The summed E-state index contributed by atoms with van der Waals surface area (Å²) in [6.07, 6.45) is 2.45. The van der Waals surface area contributed by atoms with Crippen LogP contribution in [0.4, 0.5) is 4.39 Å². The Morgan fingerprint density at radius 1 is 1.20 bits per heavy atom. The van der Waals surface area contributed by atoms with Crippen molar-refractivity contribution >= 4 is 0 Å². The highest BCUT2D eigenvalue weighted by atomic mass is 19.1. The summed E-state index contributed by atoms with van der Waals surface area (Å²) < 4.78 is 13.2. The molecule has 3 nitrogen and oxygen atoms in total. The van der Waals surface area contributed by atoms with Gasteiger partial charge in [0.05, 0.1) is 11.4 Å². The largest absolute Gasteiger partial charge is 0.307 e. The molecule has 1 aliphatic carbocycles. The summed E-state index contributed by atoms with van der Waals surface area (Å²) in [7, 11) is 0. The van der Waals surface area contributed by atoms with Gasteiger partial charge in [-0.15, -0.1) is 0 Å². The van der Waals surface area contributed by atoms with Crippen LogP contribution in [0.3, 0.4) is 0 Å². The molecule has 1 N–H and O–H groups in total. The molecule has 2 aliphatic rings. The van der Waals surface area contributed by atoms with Gasteiger partial charge in [0.1, 0.15) is 5.82 Å². The topological polar surface area (TPSA) is 37.8 Å². The lowest BCUT2D eigenvalue weighted by Gasteiger charge is -2.10. The summed E-state index contributed by atoms with van der Waals surface area (Å²) in [5.41, 5.74) is 5.43. The maximum Gasteiger partial charge on any atom is 0.159 e. The molecule has 0 saturated heterocycles. The highest BCUT2D eigenvalue weighted by molar-refractivity contribution is 5.61. The molecule has 0 radical (unpaired) electrons. The first-order valence-electron chi connectivity index (χ1n) is 7.09. The third-order valence-corrected chi connectivity index (χ3v) is 4.11. The second-order valence-corrected chi connectivity index (χ2v) is 5.69. The van der Waals surface area contributed by atoms with Crippen LogP contribution < -0.4 is 5.32 Å². The lowest BCUT2D eigenvalue weighted by molar-refractivity contribution is 0.627. The fourth-order valence-corrected chi connectivity index (χ4v) is 2.89. The number of hydrogen-bond acceptors (Lipinski definition) is 3. The Bertz CT molecular complexity index is 692. The minimum Gasteiger partial charge on any atom is -0.307 e. The van der Waals surface area contributed by atoms with Crippen molar-refractivity contribution in [2.75, 3.05) is 0 Å². The number of nitrogens with zero attached hydrogens (tertiary/aromatic N) is 2. The molecule has 20 heavy (non-hydrogen) atoms. The van der Waals surface area contributed by atoms with E-state index in [1.54, 1.807) is 12.1 Å². The van der Waals surface area contributed by atoms with Crippen molar-refractivity contribution < 1.29 is 4.39 Å². The second-order valence-electron chi connectivity index (χ2n) is 5.69. The number of halogens is 1. The van der Waals surface area contributed by atoms with Crippen LogP contribution in [-0.2, 0) is 13.1 Å². The van der Waals surface area contributed by atoms with Gasteiger partial charge >= 0.3 is 0 Å². The Hall–Kier alpha value is -1.81. The van der Waals surface area contributed by atoms with Crippen molar-refractivity contribution in [3.05, 3.63) is 46.5 Å². The van der Waals surface area contributed by atoms with E-state index in [0.29, 0.717) is 5.92 Å². The first-order valence-corrected chi connectivity index (χ1v) is 7.09. The molecule has 1 fully saturated rings. The Balaban J connectivity index is 1.88. The van der Waals surface area contributed by atoms with E-state index in [-0.39, 0.29) is 5.82 Å². The van der Waals surface area contributed by atoms with Crippen LogP contribution in [-0.4, -0.2) is 9.97 Å². The van der Waals surface area contributed by atoms with E-state index >= 15 is 0 Å². The molecule has 102 valence electrons. The van der Waals surface area contributed by atoms with E-state index in [1.807, 2.05) is 6.92 Å². The van der Waals surface area contributed by atoms with E-state index in [1.165, 1.54) is 30.2 Å². The van der Waals surface area contributed by atoms with Crippen LogP contribution in [0.5, 0.6) is 0 Å². The predicted molar refractivity (Wildman–Crippen MR) is 74.7 cm³/mol. The van der Waals surface area contributed by atoms with E-state index in [2.05, 4.69) is 10.3 Å². The van der Waals surface area contributed by atoms with E-state index < -0.39 is 0 Å². The summed E-state index contributed by atoms with van der Waals surface area (Å²) in [6, 6.07) is 4.81. The molecule has 1 aromatic heterocycles. The van der Waals surface area contributed by atoms with E-state index in [0.717, 1.165) is 35.7 Å². The third kappa shape index (κ3) is 1.91. The highest BCUT2D eigenvalue weighted by Crippen LogP contribution is 2.42. The second kappa shape index (κ2) is 4.35. The van der Waals surface area contributed by atoms with Crippen LogP contribution in [0.2, 0.25) is 0 Å². The van der Waals surface area contributed by atoms with Crippen LogP contribution in [0.25, 0.3) is 11.4 Å². The van der Waals surface area contributed by atoms with Gasteiger partial charge in [0, 0.05) is 30.1 Å². The molecule has 0 spiro atoms. The first kappa shape index (κ1) is 12.0. The van der Waals surface area contributed by atoms with Crippen LogP contribution in [0, 0.1) is 12.7 Å². The number of aryl methyl sites for hydroxylation is 1. The Kier molecular flexibility index (Phi) is 2.60.